The summed E-state index contributed by atoms with van der Waals surface area (Å²) in [7, 11) is -4.63. The lowest BCUT2D eigenvalue weighted by Crippen LogP contribution is -2.34. The molecule has 0 fully saturated rings. The van der Waals surface area contributed by atoms with Gasteiger partial charge < -0.3 is 25.2 Å². The number of hydrogen-bond donors (Lipinski definition) is 3. The van der Waals surface area contributed by atoms with Gasteiger partial charge in [-0.15, -0.1) is 0 Å². The summed E-state index contributed by atoms with van der Waals surface area (Å²) in [6, 6.07) is -1.48. The number of carbonyl (C=O) groups is 2. The van der Waals surface area contributed by atoms with E-state index in [0.717, 1.165) is 89.9 Å². The fourth-order valence-corrected chi connectivity index (χ4v) is 5.27. The summed E-state index contributed by atoms with van der Waals surface area (Å²) < 4.78 is 33.1. The largest absolute Gasteiger partial charge is 0.480 e. The molecule has 0 heterocycles. The van der Waals surface area contributed by atoms with E-state index in [2.05, 4.69) is 91.3 Å². The summed E-state index contributed by atoms with van der Waals surface area (Å²) in [5.41, 5.74) is 5.33. The smallest absolute Gasteiger partial charge is 0.472 e. The number of carboxylic acid groups (broad SMARTS) is 1. The standard InChI is InChI=1S/C40H68NO9P/c1-3-5-7-9-11-13-15-16-17-18-19-20-21-23-25-27-29-31-33-47-34-37(35-48-51(45,46)49-36-38(41)40(43)44)50-39(42)32-30-28-26-24-22-14-12-10-8-6-4-2/h5,7,10-13,16-17,19-20,23,25,37-38H,3-4,6,8-9,14-15,18,21-22,24,26-36,41H2,1-2H3,(H,43,44)(H,45,46)/b7-5-,12-10-,13-11-,17-16-,20-19-,25-23-. The molecule has 0 radical (unpaired) electrons. The van der Waals surface area contributed by atoms with Crippen molar-refractivity contribution in [2.45, 2.75) is 142 Å². The number of allylic oxidation sites excluding steroid dienone is 12. The number of carbonyl (C=O) groups excluding carboxylic acids is 1. The van der Waals surface area contributed by atoms with Gasteiger partial charge in [0.1, 0.15) is 12.1 Å². The number of rotatable bonds is 35. The topological polar surface area (TPSA) is 155 Å². The second-order valence-corrected chi connectivity index (χ2v) is 13.8. The van der Waals surface area contributed by atoms with E-state index in [1.54, 1.807) is 0 Å². The molecule has 0 aliphatic rings. The maximum atomic E-state index is 12.5. The predicted molar refractivity (Wildman–Crippen MR) is 207 cm³/mol. The van der Waals surface area contributed by atoms with Crippen LogP contribution in [0.15, 0.2) is 72.9 Å². The first-order valence-electron chi connectivity index (χ1n) is 19.0. The quantitative estimate of drug-likeness (QED) is 0.0248. The second kappa shape index (κ2) is 35.8. The minimum Gasteiger partial charge on any atom is -0.480 e. The van der Waals surface area contributed by atoms with Crippen molar-refractivity contribution < 1.29 is 42.7 Å². The van der Waals surface area contributed by atoms with Crippen LogP contribution in [0.25, 0.3) is 0 Å². The zero-order chi connectivity index (χ0) is 37.7. The van der Waals surface area contributed by atoms with Gasteiger partial charge in [-0.05, 0) is 77.0 Å². The molecule has 4 N–H and O–H groups in total. The summed E-state index contributed by atoms with van der Waals surface area (Å²) in [5, 5.41) is 8.86. The van der Waals surface area contributed by atoms with E-state index in [0.29, 0.717) is 13.0 Å². The third-order valence-electron chi connectivity index (χ3n) is 7.47. The molecule has 3 atom stereocenters. The fraction of sp³-hybridized carbons (Fsp3) is 0.650. The Kier molecular flexibility index (Phi) is 34.0. The molecule has 0 saturated heterocycles. The lowest BCUT2D eigenvalue weighted by Gasteiger charge is -2.20. The second-order valence-electron chi connectivity index (χ2n) is 12.3. The molecule has 0 aliphatic heterocycles. The van der Waals surface area contributed by atoms with Gasteiger partial charge in [0.25, 0.3) is 0 Å². The van der Waals surface area contributed by atoms with Crippen LogP contribution in [0.5, 0.6) is 0 Å². The van der Waals surface area contributed by atoms with Crippen molar-refractivity contribution in [3.63, 3.8) is 0 Å². The third kappa shape index (κ3) is 35.6. The van der Waals surface area contributed by atoms with Crippen molar-refractivity contribution >= 4 is 19.8 Å². The molecular formula is C40H68NO9P. The maximum absolute atomic E-state index is 12.5. The molecule has 0 aromatic rings. The van der Waals surface area contributed by atoms with E-state index in [9.17, 15) is 19.0 Å². The highest BCUT2D eigenvalue weighted by Gasteiger charge is 2.27. The molecule has 0 saturated carbocycles. The van der Waals surface area contributed by atoms with Crippen LogP contribution in [-0.4, -0.2) is 60.5 Å². The normalized spacial score (nSPS) is 14.9. The summed E-state index contributed by atoms with van der Waals surface area (Å²) in [6.45, 7) is 3.57. The van der Waals surface area contributed by atoms with Gasteiger partial charge in [-0.2, -0.15) is 0 Å². The lowest BCUT2D eigenvalue weighted by molar-refractivity contribution is -0.154. The van der Waals surface area contributed by atoms with E-state index >= 15 is 0 Å². The first-order chi connectivity index (χ1) is 24.7. The molecule has 0 aliphatic carbocycles. The number of esters is 1. The highest BCUT2D eigenvalue weighted by atomic mass is 31.2. The number of phosphoric acid groups is 1. The molecule has 0 aromatic carbocycles. The Labute approximate surface area is 308 Å². The minimum atomic E-state index is -4.63. The van der Waals surface area contributed by atoms with Gasteiger partial charge in [-0.1, -0.05) is 119 Å². The van der Waals surface area contributed by atoms with E-state index < -0.39 is 45.1 Å². The summed E-state index contributed by atoms with van der Waals surface area (Å²) in [6.07, 6.45) is 42.5. The van der Waals surface area contributed by atoms with Gasteiger partial charge in [0.05, 0.1) is 19.8 Å². The first-order valence-corrected chi connectivity index (χ1v) is 20.5. The molecule has 292 valence electrons. The molecule has 0 amide bonds. The molecule has 0 bridgehead atoms. The Morgan fingerprint density at radius 2 is 1.14 bits per heavy atom. The maximum Gasteiger partial charge on any atom is 0.472 e. The number of unbranched alkanes of at least 4 members (excludes halogenated alkanes) is 9. The Balaban J connectivity index is 4.41. The van der Waals surface area contributed by atoms with Crippen molar-refractivity contribution in [2.75, 3.05) is 26.4 Å². The number of carboxylic acids is 1. The molecule has 0 spiro atoms. The van der Waals surface area contributed by atoms with Crippen molar-refractivity contribution in [3.8, 4) is 0 Å². The van der Waals surface area contributed by atoms with Gasteiger partial charge in [0.2, 0.25) is 0 Å². The molecule has 3 unspecified atom stereocenters. The van der Waals surface area contributed by atoms with Crippen LogP contribution in [-0.2, 0) is 32.7 Å². The average molecular weight is 738 g/mol. The van der Waals surface area contributed by atoms with Crippen LogP contribution in [0.4, 0.5) is 0 Å². The summed E-state index contributed by atoms with van der Waals surface area (Å²) in [4.78, 5) is 33.3. The van der Waals surface area contributed by atoms with Crippen molar-refractivity contribution in [1.29, 1.82) is 0 Å². The van der Waals surface area contributed by atoms with Crippen molar-refractivity contribution in [2.24, 2.45) is 5.73 Å². The zero-order valence-corrected chi connectivity index (χ0v) is 32.3. The van der Waals surface area contributed by atoms with E-state index in [1.807, 2.05) is 0 Å². The minimum absolute atomic E-state index is 0.0200. The number of nitrogens with two attached hydrogens (primary N) is 1. The number of aliphatic carboxylic acids is 1. The van der Waals surface area contributed by atoms with E-state index in [4.69, 9.17) is 24.8 Å². The van der Waals surface area contributed by atoms with Gasteiger partial charge >= 0.3 is 19.8 Å². The van der Waals surface area contributed by atoms with Gasteiger partial charge in [0, 0.05) is 13.0 Å². The van der Waals surface area contributed by atoms with Crippen LogP contribution in [0.3, 0.4) is 0 Å². The van der Waals surface area contributed by atoms with Crippen LogP contribution >= 0.6 is 7.82 Å². The number of phosphoric ester groups is 1. The Hall–Kier alpha value is -2.59. The summed E-state index contributed by atoms with van der Waals surface area (Å²) in [5.74, 6) is -1.82. The van der Waals surface area contributed by atoms with Crippen LogP contribution in [0.1, 0.15) is 129 Å². The fourth-order valence-electron chi connectivity index (χ4n) is 4.49. The molecule has 10 nitrogen and oxygen atoms in total. The highest BCUT2D eigenvalue weighted by molar-refractivity contribution is 7.47. The van der Waals surface area contributed by atoms with Crippen LogP contribution in [0.2, 0.25) is 0 Å². The highest BCUT2D eigenvalue weighted by Crippen LogP contribution is 2.43. The van der Waals surface area contributed by atoms with Crippen molar-refractivity contribution in [1.82, 2.24) is 0 Å². The third-order valence-corrected chi connectivity index (χ3v) is 8.42. The van der Waals surface area contributed by atoms with Crippen LogP contribution < -0.4 is 5.73 Å². The van der Waals surface area contributed by atoms with Crippen molar-refractivity contribution in [3.05, 3.63) is 72.9 Å². The van der Waals surface area contributed by atoms with Gasteiger partial charge in [0.15, 0.2) is 0 Å². The predicted octanol–water partition coefficient (Wildman–Crippen LogP) is 9.86. The molecule has 11 heteroatoms. The lowest BCUT2D eigenvalue weighted by atomic mass is 10.1. The first kappa shape index (κ1) is 48.4. The van der Waals surface area contributed by atoms with Gasteiger partial charge in [-0.3, -0.25) is 18.6 Å². The zero-order valence-electron chi connectivity index (χ0n) is 31.4. The summed E-state index contributed by atoms with van der Waals surface area (Å²) >= 11 is 0. The van der Waals surface area contributed by atoms with Gasteiger partial charge in [-0.25, -0.2) is 4.57 Å². The van der Waals surface area contributed by atoms with E-state index in [-0.39, 0.29) is 13.0 Å². The number of hydrogen-bond acceptors (Lipinski definition) is 8. The Bertz CT molecular complexity index is 1080. The molecule has 0 rings (SSSR count). The SMILES string of the molecule is CC/C=C\C/C=C\C/C=C\C/C=C\C/C=C\CCCCOCC(COP(=O)(O)OCC(N)C(=O)O)OC(=O)CCCCCCC/C=C\CCCC. The van der Waals surface area contributed by atoms with E-state index in [1.165, 1.54) is 12.8 Å². The Morgan fingerprint density at radius 1 is 0.647 bits per heavy atom. The van der Waals surface area contributed by atoms with Crippen LogP contribution in [0, 0.1) is 0 Å². The molecule has 51 heavy (non-hydrogen) atoms. The monoisotopic (exact) mass is 737 g/mol. The Morgan fingerprint density at radius 3 is 1.73 bits per heavy atom. The molecular weight excluding hydrogens is 669 g/mol. The number of ether oxygens (including phenoxy) is 2. The molecule has 0 aromatic heterocycles. The average Bonchev–Trinajstić information content (AvgIpc) is 3.10.